The summed E-state index contributed by atoms with van der Waals surface area (Å²) in [5.41, 5.74) is 1.15. The Bertz CT molecular complexity index is 476. The fourth-order valence-corrected chi connectivity index (χ4v) is 2.94. The van der Waals surface area contributed by atoms with E-state index in [2.05, 4.69) is 15.4 Å². The smallest absolute Gasteiger partial charge is 0.337 e. The van der Waals surface area contributed by atoms with Crippen molar-refractivity contribution in [2.75, 3.05) is 30.5 Å². The van der Waals surface area contributed by atoms with E-state index in [0.717, 1.165) is 18.1 Å². The number of amides is 1. The van der Waals surface area contributed by atoms with E-state index >= 15 is 0 Å². The summed E-state index contributed by atoms with van der Waals surface area (Å²) in [5.74, 6) is 1.67. The van der Waals surface area contributed by atoms with Crippen molar-refractivity contribution in [2.45, 2.75) is 12.5 Å². The monoisotopic (exact) mass is 330 g/mol. The van der Waals surface area contributed by atoms with Crippen LogP contribution in [0.2, 0.25) is 0 Å². The first-order valence-corrected chi connectivity index (χ1v) is 7.64. The Morgan fingerprint density at radius 3 is 2.67 bits per heavy atom. The van der Waals surface area contributed by atoms with Crippen LogP contribution in [0.25, 0.3) is 0 Å². The molecule has 1 aromatic rings. The number of nitrogens with one attached hydrogen (secondary N) is 2. The quantitative estimate of drug-likeness (QED) is 0.826. The van der Waals surface area contributed by atoms with Gasteiger partial charge in [0.2, 0.25) is 5.91 Å². The maximum atomic E-state index is 11.9. The number of benzene rings is 1. The van der Waals surface area contributed by atoms with Crippen LogP contribution in [0.3, 0.4) is 0 Å². The van der Waals surface area contributed by atoms with Gasteiger partial charge in [-0.15, -0.1) is 12.4 Å². The standard InChI is InChI=1S/C14H18N2O3S.ClH/c1-19-14(18)10-2-4-11(5-3-10)16-13(17)8-12-9-20-7-6-15-12;/h2-5,12,15H,6-9H2,1H3,(H,16,17);1H. The first-order chi connectivity index (χ1) is 9.69. The van der Waals surface area contributed by atoms with Gasteiger partial charge in [-0.3, -0.25) is 4.79 Å². The van der Waals surface area contributed by atoms with E-state index in [4.69, 9.17) is 0 Å². The van der Waals surface area contributed by atoms with Gasteiger partial charge in [-0.25, -0.2) is 4.79 Å². The number of hydrogen-bond acceptors (Lipinski definition) is 5. The van der Waals surface area contributed by atoms with Crippen molar-refractivity contribution in [2.24, 2.45) is 0 Å². The molecule has 5 nitrogen and oxygen atoms in total. The average molecular weight is 331 g/mol. The van der Waals surface area contributed by atoms with E-state index in [1.807, 2.05) is 11.8 Å². The summed E-state index contributed by atoms with van der Waals surface area (Å²) in [5, 5.41) is 6.16. The molecule has 1 aromatic carbocycles. The van der Waals surface area contributed by atoms with Crippen LogP contribution < -0.4 is 10.6 Å². The third-order valence-corrected chi connectivity index (χ3v) is 4.15. The molecule has 1 unspecified atom stereocenters. The topological polar surface area (TPSA) is 67.4 Å². The molecule has 2 rings (SSSR count). The average Bonchev–Trinajstić information content (AvgIpc) is 2.48. The molecule has 0 aromatic heterocycles. The normalized spacial score (nSPS) is 17.5. The Labute approximate surface area is 134 Å². The second kappa shape index (κ2) is 8.92. The van der Waals surface area contributed by atoms with Crippen LogP contribution >= 0.6 is 24.2 Å². The molecule has 0 bridgehead atoms. The largest absolute Gasteiger partial charge is 0.465 e. The molecule has 1 aliphatic rings. The summed E-state index contributed by atoms with van der Waals surface area (Å²) in [6, 6.07) is 6.91. The molecule has 0 radical (unpaired) electrons. The number of rotatable bonds is 4. The second-order valence-corrected chi connectivity index (χ2v) is 5.70. The van der Waals surface area contributed by atoms with E-state index in [1.54, 1.807) is 24.3 Å². The summed E-state index contributed by atoms with van der Waals surface area (Å²) < 4.78 is 4.62. The highest BCUT2D eigenvalue weighted by Gasteiger charge is 2.16. The van der Waals surface area contributed by atoms with Gasteiger partial charge in [-0.2, -0.15) is 11.8 Å². The van der Waals surface area contributed by atoms with Gasteiger partial charge < -0.3 is 15.4 Å². The van der Waals surface area contributed by atoms with Gasteiger partial charge in [-0.05, 0) is 24.3 Å². The van der Waals surface area contributed by atoms with E-state index in [0.29, 0.717) is 17.7 Å². The summed E-state index contributed by atoms with van der Waals surface area (Å²) >= 11 is 1.87. The van der Waals surface area contributed by atoms with Crippen molar-refractivity contribution < 1.29 is 14.3 Å². The Hall–Kier alpha value is -1.24. The lowest BCUT2D eigenvalue weighted by Gasteiger charge is -2.22. The van der Waals surface area contributed by atoms with E-state index < -0.39 is 0 Å². The lowest BCUT2D eigenvalue weighted by molar-refractivity contribution is -0.116. The number of hydrogen-bond donors (Lipinski definition) is 2. The van der Waals surface area contributed by atoms with Crippen molar-refractivity contribution in [3.63, 3.8) is 0 Å². The van der Waals surface area contributed by atoms with E-state index in [9.17, 15) is 9.59 Å². The Morgan fingerprint density at radius 1 is 1.38 bits per heavy atom. The minimum Gasteiger partial charge on any atom is -0.465 e. The zero-order chi connectivity index (χ0) is 14.4. The molecule has 21 heavy (non-hydrogen) atoms. The predicted molar refractivity (Wildman–Crippen MR) is 87.4 cm³/mol. The molecule has 0 saturated carbocycles. The molecule has 0 aliphatic carbocycles. The highest BCUT2D eigenvalue weighted by Crippen LogP contribution is 2.13. The molecule has 7 heteroatoms. The van der Waals surface area contributed by atoms with Gasteiger partial charge in [0.15, 0.2) is 0 Å². The zero-order valence-electron chi connectivity index (χ0n) is 11.8. The van der Waals surface area contributed by atoms with Crippen LogP contribution in [-0.4, -0.2) is 43.1 Å². The van der Waals surface area contributed by atoms with Gasteiger partial charge in [0.05, 0.1) is 12.7 Å². The summed E-state index contributed by atoms with van der Waals surface area (Å²) in [6.45, 7) is 0.955. The molecule has 1 heterocycles. The lowest BCUT2D eigenvalue weighted by Crippen LogP contribution is -2.39. The number of esters is 1. The van der Waals surface area contributed by atoms with Crippen molar-refractivity contribution in [3.8, 4) is 0 Å². The molecular formula is C14H19ClN2O3S. The molecule has 1 amide bonds. The van der Waals surface area contributed by atoms with Crippen molar-refractivity contribution in [1.29, 1.82) is 0 Å². The van der Waals surface area contributed by atoms with E-state index in [1.165, 1.54) is 7.11 Å². The molecule has 1 aliphatic heterocycles. The molecule has 1 saturated heterocycles. The van der Waals surface area contributed by atoms with Gasteiger partial charge in [0, 0.05) is 36.2 Å². The maximum Gasteiger partial charge on any atom is 0.337 e. The Morgan fingerprint density at radius 2 is 2.10 bits per heavy atom. The highest BCUT2D eigenvalue weighted by molar-refractivity contribution is 7.99. The fraction of sp³-hybridized carbons (Fsp3) is 0.429. The second-order valence-electron chi connectivity index (χ2n) is 4.55. The minimum absolute atomic E-state index is 0. The number of methoxy groups -OCH3 is 1. The highest BCUT2D eigenvalue weighted by atomic mass is 35.5. The van der Waals surface area contributed by atoms with Crippen LogP contribution in [0, 0.1) is 0 Å². The first-order valence-electron chi connectivity index (χ1n) is 6.48. The number of halogens is 1. The molecule has 1 fully saturated rings. The molecule has 116 valence electrons. The SMILES string of the molecule is COC(=O)c1ccc(NC(=O)CC2CSCCN2)cc1.Cl. The first kappa shape index (κ1) is 17.8. The Balaban J connectivity index is 0.00000220. The molecule has 0 spiro atoms. The van der Waals surface area contributed by atoms with Crippen LogP contribution in [0.15, 0.2) is 24.3 Å². The number of carbonyl (C=O) groups is 2. The van der Waals surface area contributed by atoms with Crippen molar-refractivity contribution in [1.82, 2.24) is 5.32 Å². The van der Waals surface area contributed by atoms with Crippen molar-refractivity contribution in [3.05, 3.63) is 29.8 Å². The number of ether oxygens (including phenoxy) is 1. The summed E-state index contributed by atoms with van der Waals surface area (Å²) in [7, 11) is 1.34. The zero-order valence-corrected chi connectivity index (χ0v) is 13.4. The van der Waals surface area contributed by atoms with Gasteiger partial charge >= 0.3 is 5.97 Å². The van der Waals surface area contributed by atoms with Crippen LogP contribution in [-0.2, 0) is 9.53 Å². The predicted octanol–water partition coefficient (Wildman–Crippen LogP) is 1.93. The number of carbonyl (C=O) groups excluding carboxylic acids is 2. The maximum absolute atomic E-state index is 11.9. The summed E-state index contributed by atoms with van der Waals surface area (Å²) in [4.78, 5) is 23.2. The fourth-order valence-electron chi connectivity index (χ4n) is 1.99. The van der Waals surface area contributed by atoms with Crippen LogP contribution in [0.1, 0.15) is 16.8 Å². The van der Waals surface area contributed by atoms with Gasteiger partial charge in [0.1, 0.15) is 0 Å². The lowest BCUT2D eigenvalue weighted by atomic mass is 10.2. The third kappa shape index (κ3) is 5.57. The van der Waals surface area contributed by atoms with Crippen LogP contribution in [0.4, 0.5) is 5.69 Å². The van der Waals surface area contributed by atoms with Crippen molar-refractivity contribution >= 4 is 41.7 Å². The van der Waals surface area contributed by atoms with Crippen LogP contribution in [0.5, 0.6) is 0 Å². The van der Waals surface area contributed by atoms with Gasteiger partial charge in [0.25, 0.3) is 0 Å². The van der Waals surface area contributed by atoms with Gasteiger partial charge in [-0.1, -0.05) is 0 Å². The molecular weight excluding hydrogens is 312 g/mol. The minimum atomic E-state index is -0.383. The molecule has 2 N–H and O–H groups in total. The summed E-state index contributed by atoms with van der Waals surface area (Å²) in [6.07, 6.45) is 0.464. The third-order valence-electron chi connectivity index (χ3n) is 3.02. The number of anilines is 1. The van der Waals surface area contributed by atoms with E-state index in [-0.39, 0.29) is 30.3 Å². The number of thioether (sulfide) groups is 1. The molecule has 1 atom stereocenters. The Kier molecular flexibility index (Phi) is 7.56.